The normalized spacial score (nSPS) is 9.62. The monoisotopic (exact) mass is 225 g/mol. The molecule has 86 valence electrons. The molecule has 0 bridgehead atoms. The Balaban J connectivity index is 3.33. The van der Waals surface area contributed by atoms with E-state index in [1.165, 1.54) is 13.2 Å². The molecule has 0 fully saturated rings. The van der Waals surface area contributed by atoms with E-state index in [4.69, 9.17) is 9.47 Å². The van der Waals surface area contributed by atoms with Crippen LogP contribution in [-0.4, -0.2) is 24.9 Å². The second kappa shape index (κ2) is 5.11. The van der Waals surface area contributed by atoms with Crippen molar-refractivity contribution in [3.8, 4) is 11.5 Å². The van der Waals surface area contributed by atoms with Crippen LogP contribution in [0.15, 0.2) is 12.1 Å². The summed E-state index contributed by atoms with van der Waals surface area (Å²) < 4.78 is 10.0. The SMILES string of the molecule is CCOc1cc(OC)c([N+](=O)[O-])cc1C=O. The standard InChI is InChI=1S/C10H11NO5/c1-3-16-9-5-10(15-2)8(11(13)14)4-7(9)6-12/h4-6H,3H2,1-2H3. The Morgan fingerprint density at radius 1 is 1.44 bits per heavy atom. The van der Waals surface area contributed by atoms with E-state index in [1.807, 2.05) is 0 Å². The largest absolute Gasteiger partial charge is 0.493 e. The third kappa shape index (κ3) is 2.28. The lowest BCUT2D eigenvalue weighted by molar-refractivity contribution is -0.385. The number of carbonyl (C=O) groups excluding carboxylic acids is 1. The molecule has 0 amide bonds. The molecule has 0 spiro atoms. The molecule has 0 atom stereocenters. The number of carbonyl (C=O) groups is 1. The Bertz CT molecular complexity index is 416. The van der Waals surface area contributed by atoms with Crippen molar-refractivity contribution in [2.45, 2.75) is 6.92 Å². The minimum absolute atomic E-state index is 0.0686. The number of nitro groups is 1. The second-order valence-electron chi connectivity index (χ2n) is 2.87. The van der Waals surface area contributed by atoms with E-state index in [2.05, 4.69) is 0 Å². The number of nitro benzene ring substituents is 1. The maximum atomic E-state index is 10.7. The van der Waals surface area contributed by atoms with Crippen molar-refractivity contribution in [3.05, 3.63) is 27.8 Å². The predicted molar refractivity (Wildman–Crippen MR) is 56.2 cm³/mol. The average Bonchev–Trinajstić information content (AvgIpc) is 2.28. The molecular weight excluding hydrogens is 214 g/mol. The summed E-state index contributed by atoms with van der Waals surface area (Å²) in [5, 5.41) is 10.7. The van der Waals surface area contributed by atoms with Gasteiger partial charge in [0.25, 0.3) is 0 Å². The molecule has 1 aromatic rings. The summed E-state index contributed by atoms with van der Waals surface area (Å²) in [6, 6.07) is 2.47. The van der Waals surface area contributed by atoms with E-state index >= 15 is 0 Å². The van der Waals surface area contributed by atoms with Crippen LogP contribution in [0.3, 0.4) is 0 Å². The molecule has 16 heavy (non-hydrogen) atoms. The quantitative estimate of drug-likeness (QED) is 0.433. The smallest absolute Gasteiger partial charge is 0.311 e. The van der Waals surface area contributed by atoms with Gasteiger partial charge in [0.2, 0.25) is 5.75 Å². The molecule has 0 radical (unpaired) electrons. The van der Waals surface area contributed by atoms with Crippen LogP contribution in [0, 0.1) is 10.1 Å². The number of benzene rings is 1. The zero-order chi connectivity index (χ0) is 12.1. The summed E-state index contributed by atoms with van der Waals surface area (Å²) >= 11 is 0. The van der Waals surface area contributed by atoms with Crippen molar-refractivity contribution in [1.29, 1.82) is 0 Å². The molecule has 0 heterocycles. The van der Waals surface area contributed by atoms with Gasteiger partial charge < -0.3 is 9.47 Å². The van der Waals surface area contributed by atoms with Crippen molar-refractivity contribution in [2.24, 2.45) is 0 Å². The third-order valence-electron chi connectivity index (χ3n) is 1.93. The van der Waals surface area contributed by atoms with Crippen LogP contribution in [0.25, 0.3) is 0 Å². The Morgan fingerprint density at radius 3 is 2.56 bits per heavy atom. The molecule has 6 nitrogen and oxygen atoms in total. The van der Waals surface area contributed by atoms with Gasteiger partial charge in [-0.3, -0.25) is 14.9 Å². The van der Waals surface area contributed by atoms with Crippen LogP contribution in [0.5, 0.6) is 11.5 Å². The lowest BCUT2D eigenvalue weighted by Crippen LogP contribution is -2.00. The Hall–Kier alpha value is -2.11. The summed E-state index contributed by atoms with van der Waals surface area (Å²) in [6.07, 6.45) is 0.511. The topological polar surface area (TPSA) is 78.7 Å². The fourth-order valence-corrected chi connectivity index (χ4v) is 1.24. The van der Waals surface area contributed by atoms with Gasteiger partial charge in [-0.05, 0) is 6.92 Å². The first-order valence-corrected chi connectivity index (χ1v) is 4.58. The van der Waals surface area contributed by atoms with Gasteiger partial charge in [-0.25, -0.2) is 0 Å². The first kappa shape index (κ1) is 12.0. The van der Waals surface area contributed by atoms with Crippen molar-refractivity contribution in [2.75, 3.05) is 13.7 Å². The number of hydrogen-bond donors (Lipinski definition) is 0. The second-order valence-corrected chi connectivity index (χ2v) is 2.87. The van der Waals surface area contributed by atoms with E-state index < -0.39 is 4.92 Å². The lowest BCUT2D eigenvalue weighted by Gasteiger charge is -2.08. The molecule has 0 aliphatic rings. The van der Waals surface area contributed by atoms with Crippen LogP contribution in [0.2, 0.25) is 0 Å². The van der Waals surface area contributed by atoms with Crippen molar-refractivity contribution < 1.29 is 19.2 Å². The summed E-state index contributed by atoms with van der Waals surface area (Å²) in [6.45, 7) is 2.12. The molecule has 0 aliphatic carbocycles. The van der Waals surface area contributed by atoms with E-state index in [-0.39, 0.29) is 22.7 Å². The Morgan fingerprint density at radius 2 is 2.12 bits per heavy atom. The van der Waals surface area contributed by atoms with Crippen LogP contribution < -0.4 is 9.47 Å². The third-order valence-corrected chi connectivity index (χ3v) is 1.93. The molecule has 0 saturated carbocycles. The van der Waals surface area contributed by atoms with Gasteiger partial charge in [-0.1, -0.05) is 0 Å². The van der Waals surface area contributed by atoms with Crippen molar-refractivity contribution in [1.82, 2.24) is 0 Å². The van der Waals surface area contributed by atoms with Crippen LogP contribution in [0.4, 0.5) is 5.69 Å². The van der Waals surface area contributed by atoms with E-state index in [0.717, 1.165) is 6.07 Å². The Kier molecular flexibility index (Phi) is 3.82. The summed E-state index contributed by atoms with van der Waals surface area (Å²) in [5.74, 6) is 0.346. The number of aldehydes is 1. The molecule has 0 aromatic heterocycles. The fourth-order valence-electron chi connectivity index (χ4n) is 1.24. The molecule has 0 saturated heterocycles. The molecule has 0 unspecified atom stereocenters. The minimum atomic E-state index is -0.610. The van der Waals surface area contributed by atoms with Gasteiger partial charge in [0.15, 0.2) is 6.29 Å². The van der Waals surface area contributed by atoms with Crippen LogP contribution in [0.1, 0.15) is 17.3 Å². The molecule has 1 rings (SSSR count). The van der Waals surface area contributed by atoms with E-state index in [9.17, 15) is 14.9 Å². The highest BCUT2D eigenvalue weighted by atomic mass is 16.6. The summed E-state index contributed by atoms with van der Waals surface area (Å²) in [7, 11) is 1.32. The minimum Gasteiger partial charge on any atom is -0.493 e. The first-order valence-electron chi connectivity index (χ1n) is 4.58. The maximum Gasteiger partial charge on any atom is 0.311 e. The lowest BCUT2D eigenvalue weighted by atomic mass is 10.2. The van der Waals surface area contributed by atoms with Gasteiger partial charge in [-0.15, -0.1) is 0 Å². The van der Waals surface area contributed by atoms with Gasteiger partial charge in [0, 0.05) is 12.1 Å². The number of rotatable bonds is 5. The predicted octanol–water partition coefficient (Wildman–Crippen LogP) is 1.81. The number of nitrogens with zero attached hydrogens (tertiary/aromatic N) is 1. The number of methoxy groups -OCH3 is 1. The van der Waals surface area contributed by atoms with Crippen molar-refractivity contribution in [3.63, 3.8) is 0 Å². The number of hydrogen-bond acceptors (Lipinski definition) is 5. The molecule has 0 N–H and O–H groups in total. The van der Waals surface area contributed by atoms with Gasteiger partial charge >= 0.3 is 5.69 Å². The maximum absolute atomic E-state index is 10.7. The zero-order valence-electron chi connectivity index (χ0n) is 8.93. The van der Waals surface area contributed by atoms with E-state index in [0.29, 0.717) is 12.9 Å². The molecule has 0 aliphatic heterocycles. The highest BCUT2D eigenvalue weighted by Crippen LogP contribution is 2.33. The molecule has 6 heteroatoms. The number of ether oxygens (including phenoxy) is 2. The summed E-state index contributed by atoms with van der Waals surface area (Å²) in [5.41, 5.74) is -0.123. The summed E-state index contributed by atoms with van der Waals surface area (Å²) in [4.78, 5) is 20.8. The first-order chi connectivity index (χ1) is 7.63. The zero-order valence-corrected chi connectivity index (χ0v) is 8.93. The molecule has 1 aromatic carbocycles. The van der Waals surface area contributed by atoms with Crippen molar-refractivity contribution >= 4 is 12.0 Å². The van der Waals surface area contributed by atoms with Gasteiger partial charge in [0.05, 0.1) is 24.2 Å². The highest BCUT2D eigenvalue weighted by Gasteiger charge is 2.19. The van der Waals surface area contributed by atoms with Crippen LogP contribution >= 0.6 is 0 Å². The van der Waals surface area contributed by atoms with Crippen LogP contribution in [-0.2, 0) is 0 Å². The fraction of sp³-hybridized carbons (Fsp3) is 0.300. The van der Waals surface area contributed by atoms with Gasteiger partial charge in [-0.2, -0.15) is 0 Å². The highest BCUT2D eigenvalue weighted by molar-refractivity contribution is 5.82. The Labute approximate surface area is 91.9 Å². The van der Waals surface area contributed by atoms with E-state index in [1.54, 1.807) is 6.92 Å². The molecular formula is C10H11NO5. The van der Waals surface area contributed by atoms with Gasteiger partial charge in [0.1, 0.15) is 5.75 Å². The average molecular weight is 225 g/mol.